The zero-order valence-electron chi connectivity index (χ0n) is 10.7. The van der Waals surface area contributed by atoms with Gasteiger partial charge in [-0.15, -0.1) is 0 Å². The minimum atomic E-state index is -0.381. The molecule has 1 aliphatic rings. The third-order valence-electron chi connectivity index (χ3n) is 2.96. The molecule has 0 aliphatic carbocycles. The predicted molar refractivity (Wildman–Crippen MR) is 66.2 cm³/mol. The zero-order chi connectivity index (χ0) is 13.0. The number of hydrogen-bond donors (Lipinski definition) is 1. The molecule has 98 valence electrons. The van der Waals surface area contributed by atoms with Crippen molar-refractivity contribution in [2.24, 2.45) is 5.41 Å². The van der Waals surface area contributed by atoms with Crippen LogP contribution in [0, 0.1) is 5.41 Å². The van der Waals surface area contributed by atoms with Crippen LogP contribution in [0.2, 0.25) is 0 Å². The molecule has 1 aromatic heterocycles. The third-order valence-corrected chi connectivity index (χ3v) is 2.96. The Hall–Kier alpha value is -1.62. The Bertz CT molecular complexity index is 430. The normalized spacial score (nSPS) is 16.8. The Kier molecular flexibility index (Phi) is 3.81. The van der Waals surface area contributed by atoms with Crippen molar-refractivity contribution < 1.29 is 14.3 Å². The lowest BCUT2D eigenvalue weighted by Gasteiger charge is -2.36. The van der Waals surface area contributed by atoms with E-state index in [9.17, 15) is 4.79 Å². The largest absolute Gasteiger partial charge is 0.478 e. The molecule has 5 heteroatoms. The van der Waals surface area contributed by atoms with Crippen molar-refractivity contribution in [1.29, 1.82) is 0 Å². The molecule has 1 N–H and O–H groups in total. The highest BCUT2D eigenvalue weighted by Gasteiger charge is 2.40. The molecule has 0 unspecified atom stereocenters. The van der Waals surface area contributed by atoms with Gasteiger partial charge in [0.25, 0.3) is 0 Å². The maximum Gasteiger partial charge on any atom is 0.230 e. The van der Waals surface area contributed by atoms with Crippen LogP contribution in [0.4, 0.5) is 0 Å². The van der Waals surface area contributed by atoms with Gasteiger partial charge in [0.2, 0.25) is 11.8 Å². The van der Waals surface area contributed by atoms with Gasteiger partial charge in [-0.2, -0.15) is 0 Å². The third kappa shape index (κ3) is 2.61. The summed E-state index contributed by atoms with van der Waals surface area (Å²) in [5.74, 6) is 0.593. The van der Waals surface area contributed by atoms with Crippen LogP contribution < -0.4 is 10.1 Å². The molecule has 5 nitrogen and oxygen atoms in total. The molecule has 0 bridgehead atoms. The Balaban J connectivity index is 1.95. The Morgan fingerprint density at radius 2 is 2.39 bits per heavy atom. The molecule has 1 amide bonds. The smallest absolute Gasteiger partial charge is 0.230 e. The number of carbonyl (C=O) groups excluding carboxylic acids is 1. The van der Waals surface area contributed by atoms with Gasteiger partial charge in [0.15, 0.2) is 0 Å². The van der Waals surface area contributed by atoms with Gasteiger partial charge in [-0.25, -0.2) is 4.98 Å². The molecule has 18 heavy (non-hydrogen) atoms. The standard InChI is InChI=1S/C13H18N2O3/c1-3-18-11-10(5-4-6-14-11)7-15-12(16)13(2)8-17-9-13/h4-6H,3,7-9H2,1-2H3,(H,15,16). The van der Waals surface area contributed by atoms with Crippen molar-refractivity contribution >= 4 is 5.91 Å². The second kappa shape index (κ2) is 5.35. The first-order valence-electron chi connectivity index (χ1n) is 6.08. The van der Waals surface area contributed by atoms with E-state index in [-0.39, 0.29) is 11.3 Å². The summed E-state index contributed by atoms with van der Waals surface area (Å²) in [4.78, 5) is 16.1. The summed E-state index contributed by atoms with van der Waals surface area (Å²) in [6.45, 7) is 5.78. The quantitative estimate of drug-likeness (QED) is 0.851. The van der Waals surface area contributed by atoms with Crippen molar-refractivity contribution in [3.05, 3.63) is 23.9 Å². The molecule has 0 aromatic carbocycles. The Morgan fingerprint density at radius 3 is 3.00 bits per heavy atom. The maximum atomic E-state index is 11.9. The van der Waals surface area contributed by atoms with Gasteiger partial charge in [-0.3, -0.25) is 4.79 Å². The molecule has 0 atom stereocenters. The van der Waals surface area contributed by atoms with Gasteiger partial charge in [0.05, 0.1) is 25.2 Å². The van der Waals surface area contributed by atoms with Crippen LogP contribution in [0.15, 0.2) is 18.3 Å². The van der Waals surface area contributed by atoms with E-state index >= 15 is 0 Å². The topological polar surface area (TPSA) is 60.5 Å². The lowest BCUT2D eigenvalue weighted by atomic mass is 9.87. The number of hydrogen-bond acceptors (Lipinski definition) is 4. The highest BCUT2D eigenvalue weighted by atomic mass is 16.5. The van der Waals surface area contributed by atoms with E-state index in [0.717, 1.165) is 5.56 Å². The zero-order valence-corrected chi connectivity index (χ0v) is 10.7. The molecule has 0 spiro atoms. The number of ether oxygens (including phenoxy) is 2. The first kappa shape index (κ1) is 12.8. The highest BCUT2D eigenvalue weighted by molar-refractivity contribution is 5.83. The summed E-state index contributed by atoms with van der Waals surface area (Å²) in [5, 5.41) is 2.90. The summed E-state index contributed by atoms with van der Waals surface area (Å²) >= 11 is 0. The van der Waals surface area contributed by atoms with E-state index in [0.29, 0.717) is 32.2 Å². The number of amides is 1. The molecule has 2 rings (SSSR count). The molecule has 2 heterocycles. The van der Waals surface area contributed by atoms with Gasteiger partial charge < -0.3 is 14.8 Å². The molecule has 1 fully saturated rings. The first-order chi connectivity index (χ1) is 8.65. The number of nitrogens with zero attached hydrogens (tertiary/aromatic N) is 1. The second-order valence-corrected chi connectivity index (χ2v) is 4.64. The molecule has 0 saturated carbocycles. The van der Waals surface area contributed by atoms with Crippen LogP contribution in [0.5, 0.6) is 5.88 Å². The fourth-order valence-corrected chi connectivity index (χ4v) is 1.75. The summed E-state index contributed by atoms with van der Waals surface area (Å²) < 4.78 is 10.5. The molecule has 1 aliphatic heterocycles. The van der Waals surface area contributed by atoms with Gasteiger partial charge in [0.1, 0.15) is 0 Å². The van der Waals surface area contributed by atoms with Crippen molar-refractivity contribution in [2.75, 3.05) is 19.8 Å². The molecule has 0 radical (unpaired) electrons. The number of rotatable bonds is 5. The van der Waals surface area contributed by atoms with Crippen molar-refractivity contribution in [3.63, 3.8) is 0 Å². The van der Waals surface area contributed by atoms with Crippen LogP contribution in [-0.4, -0.2) is 30.7 Å². The number of aromatic nitrogens is 1. The van der Waals surface area contributed by atoms with Crippen LogP contribution in [0.25, 0.3) is 0 Å². The van der Waals surface area contributed by atoms with E-state index in [1.807, 2.05) is 26.0 Å². The monoisotopic (exact) mass is 250 g/mol. The van der Waals surface area contributed by atoms with Crippen molar-refractivity contribution in [2.45, 2.75) is 20.4 Å². The number of pyridine rings is 1. The summed E-state index contributed by atoms with van der Waals surface area (Å²) in [5.41, 5.74) is 0.505. The number of carbonyl (C=O) groups is 1. The molecule has 1 saturated heterocycles. The number of nitrogens with one attached hydrogen (secondary N) is 1. The van der Waals surface area contributed by atoms with Crippen LogP contribution >= 0.6 is 0 Å². The minimum absolute atomic E-state index is 0.0139. The van der Waals surface area contributed by atoms with Gasteiger partial charge in [0, 0.05) is 18.3 Å². The fraction of sp³-hybridized carbons (Fsp3) is 0.538. The van der Waals surface area contributed by atoms with E-state index in [4.69, 9.17) is 9.47 Å². The van der Waals surface area contributed by atoms with E-state index in [1.54, 1.807) is 6.20 Å². The van der Waals surface area contributed by atoms with E-state index < -0.39 is 0 Å². The van der Waals surface area contributed by atoms with Gasteiger partial charge >= 0.3 is 0 Å². The lowest BCUT2D eigenvalue weighted by molar-refractivity contribution is -0.157. The molecule has 1 aromatic rings. The lowest BCUT2D eigenvalue weighted by Crippen LogP contribution is -2.51. The Labute approximate surface area is 107 Å². The molecular formula is C13H18N2O3. The van der Waals surface area contributed by atoms with Crippen LogP contribution in [0.3, 0.4) is 0 Å². The SMILES string of the molecule is CCOc1ncccc1CNC(=O)C1(C)COC1. The van der Waals surface area contributed by atoms with Crippen LogP contribution in [0.1, 0.15) is 19.4 Å². The predicted octanol–water partition coefficient (Wildman–Crippen LogP) is 1.13. The van der Waals surface area contributed by atoms with E-state index in [1.165, 1.54) is 0 Å². The average Bonchev–Trinajstić information content (AvgIpc) is 2.35. The fourth-order valence-electron chi connectivity index (χ4n) is 1.75. The first-order valence-corrected chi connectivity index (χ1v) is 6.08. The maximum absolute atomic E-state index is 11.9. The highest BCUT2D eigenvalue weighted by Crippen LogP contribution is 2.26. The minimum Gasteiger partial charge on any atom is -0.478 e. The average molecular weight is 250 g/mol. The molecular weight excluding hydrogens is 232 g/mol. The summed E-state index contributed by atoms with van der Waals surface area (Å²) in [6, 6.07) is 3.73. The van der Waals surface area contributed by atoms with Crippen molar-refractivity contribution in [1.82, 2.24) is 10.3 Å². The van der Waals surface area contributed by atoms with Gasteiger partial charge in [-0.05, 0) is 19.9 Å². The van der Waals surface area contributed by atoms with Gasteiger partial charge in [-0.1, -0.05) is 6.07 Å². The second-order valence-electron chi connectivity index (χ2n) is 4.64. The van der Waals surface area contributed by atoms with Crippen LogP contribution in [-0.2, 0) is 16.1 Å². The Morgan fingerprint density at radius 1 is 1.61 bits per heavy atom. The summed E-state index contributed by atoms with van der Waals surface area (Å²) in [6.07, 6.45) is 1.68. The van der Waals surface area contributed by atoms with Crippen molar-refractivity contribution in [3.8, 4) is 5.88 Å². The summed E-state index contributed by atoms with van der Waals surface area (Å²) in [7, 11) is 0. The van der Waals surface area contributed by atoms with E-state index in [2.05, 4.69) is 10.3 Å².